The van der Waals surface area contributed by atoms with Crippen LogP contribution in [0.5, 0.6) is 0 Å². The molecule has 0 saturated heterocycles. The summed E-state index contributed by atoms with van der Waals surface area (Å²) in [6, 6.07) is 6.11. The first-order valence-corrected chi connectivity index (χ1v) is 5.87. The molecule has 4 nitrogen and oxygen atoms in total. The average Bonchev–Trinajstić information content (AvgIpc) is 2.63. The number of nitrogens with zero attached hydrogens (tertiary/aromatic N) is 2. The van der Waals surface area contributed by atoms with Crippen molar-refractivity contribution < 1.29 is 4.74 Å². The SMILES string of the molecule is CC(C)OCc1nc2ccc(CN)cc2n1C. The number of hydrogen-bond donors (Lipinski definition) is 1. The third-order valence-electron chi connectivity index (χ3n) is 2.82. The molecule has 2 aromatic rings. The highest BCUT2D eigenvalue weighted by molar-refractivity contribution is 5.76. The molecule has 0 unspecified atom stereocenters. The number of rotatable bonds is 4. The molecule has 0 aliphatic rings. The predicted molar refractivity (Wildman–Crippen MR) is 68.5 cm³/mol. The summed E-state index contributed by atoms with van der Waals surface area (Å²) in [7, 11) is 2.01. The molecule has 0 amide bonds. The van der Waals surface area contributed by atoms with Crippen molar-refractivity contribution in [2.75, 3.05) is 0 Å². The van der Waals surface area contributed by atoms with Crippen molar-refractivity contribution in [2.24, 2.45) is 12.8 Å². The van der Waals surface area contributed by atoms with Crippen molar-refractivity contribution in [2.45, 2.75) is 33.1 Å². The summed E-state index contributed by atoms with van der Waals surface area (Å²) >= 11 is 0. The highest BCUT2D eigenvalue weighted by atomic mass is 16.5. The largest absolute Gasteiger partial charge is 0.371 e. The maximum absolute atomic E-state index is 5.64. The van der Waals surface area contributed by atoms with Crippen LogP contribution < -0.4 is 5.73 Å². The smallest absolute Gasteiger partial charge is 0.135 e. The Morgan fingerprint density at radius 3 is 2.82 bits per heavy atom. The summed E-state index contributed by atoms with van der Waals surface area (Å²) < 4.78 is 7.65. The Morgan fingerprint density at radius 2 is 2.18 bits per heavy atom. The van der Waals surface area contributed by atoms with E-state index < -0.39 is 0 Å². The van der Waals surface area contributed by atoms with Gasteiger partial charge in [-0.3, -0.25) is 0 Å². The number of nitrogens with two attached hydrogens (primary N) is 1. The van der Waals surface area contributed by atoms with Gasteiger partial charge >= 0.3 is 0 Å². The summed E-state index contributed by atoms with van der Waals surface area (Å²) in [5, 5.41) is 0. The van der Waals surface area contributed by atoms with Crippen molar-refractivity contribution in [3.05, 3.63) is 29.6 Å². The Bertz CT molecular complexity index is 517. The fraction of sp³-hybridized carbons (Fsp3) is 0.462. The predicted octanol–water partition coefficient (Wildman–Crippen LogP) is 1.96. The summed E-state index contributed by atoms with van der Waals surface area (Å²) in [6.07, 6.45) is 0.217. The van der Waals surface area contributed by atoms with Crippen molar-refractivity contribution in [3.63, 3.8) is 0 Å². The van der Waals surface area contributed by atoms with E-state index in [1.54, 1.807) is 0 Å². The van der Waals surface area contributed by atoms with Crippen LogP contribution in [0, 0.1) is 0 Å². The molecule has 0 spiro atoms. The van der Waals surface area contributed by atoms with E-state index in [1.165, 1.54) is 0 Å². The Morgan fingerprint density at radius 1 is 1.41 bits per heavy atom. The van der Waals surface area contributed by atoms with Gasteiger partial charge in [-0.25, -0.2) is 4.98 Å². The zero-order chi connectivity index (χ0) is 12.4. The highest BCUT2D eigenvalue weighted by Crippen LogP contribution is 2.17. The van der Waals surface area contributed by atoms with Gasteiger partial charge in [0.25, 0.3) is 0 Å². The molecule has 0 bridgehead atoms. The summed E-state index contributed by atoms with van der Waals surface area (Å²) in [4.78, 5) is 4.56. The second kappa shape index (κ2) is 4.85. The van der Waals surface area contributed by atoms with Gasteiger partial charge in [-0.05, 0) is 31.5 Å². The fourth-order valence-corrected chi connectivity index (χ4v) is 1.78. The molecule has 0 aliphatic carbocycles. The number of hydrogen-bond acceptors (Lipinski definition) is 3. The minimum Gasteiger partial charge on any atom is -0.371 e. The third-order valence-corrected chi connectivity index (χ3v) is 2.82. The lowest BCUT2D eigenvalue weighted by Crippen LogP contribution is -2.06. The molecule has 1 heterocycles. The zero-order valence-corrected chi connectivity index (χ0v) is 10.6. The summed E-state index contributed by atoms with van der Waals surface area (Å²) in [6.45, 7) is 5.14. The van der Waals surface area contributed by atoms with Gasteiger partial charge in [0, 0.05) is 13.6 Å². The van der Waals surface area contributed by atoms with E-state index in [-0.39, 0.29) is 6.10 Å². The molecule has 0 fully saturated rings. The van der Waals surface area contributed by atoms with Gasteiger partial charge in [0.05, 0.1) is 17.1 Å². The van der Waals surface area contributed by atoms with Crippen molar-refractivity contribution in [1.29, 1.82) is 0 Å². The maximum Gasteiger partial charge on any atom is 0.135 e. The van der Waals surface area contributed by atoms with Crippen LogP contribution in [-0.2, 0) is 24.9 Å². The average molecular weight is 233 g/mol. The molecule has 1 aromatic carbocycles. The van der Waals surface area contributed by atoms with Gasteiger partial charge in [0.15, 0.2) is 0 Å². The second-order valence-electron chi connectivity index (χ2n) is 4.47. The van der Waals surface area contributed by atoms with Gasteiger partial charge in [-0.2, -0.15) is 0 Å². The van der Waals surface area contributed by atoms with Crippen molar-refractivity contribution in [3.8, 4) is 0 Å². The molecule has 4 heteroatoms. The molecular weight excluding hydrogens is 214 g/mol. The Kier molecular flexibility index (Phi) is 3.45. The first-order chi connectivity index (χ1) is 8.11. The molecule has 0 atom stereocenters. The van der Waals surface area contributed by atoms with Crippen molar-refractivity contribution in [1.82, 2.24) is 9.55 Å². The number of imidazole rings is 1. The minimum atomic E-state index is 0.217. The topological polar surface area (TPSA) is 53.1 Å². The summed E-state index contributed by atoms with van der Waals surface area (Å²) in [5.41, 5.74) is 8.86. The van der Waals surface area contributed by atoms with Crippen LogP contribution in [0.3, 0.4) is 0 Å². The third kappa shape index (κ3) is 2.48. The molecule has 2 rings (SSSR count). The number of fused-ring (bicyclic) bond motifs is 1. The molecule has 0 aliphatic heterocycles. The van der Waals surface area contributed by atoms with Gasteiger partial charge in [0.2, 0.25) is 0 Å². The lowest BCUT2D eigenvalue weighted by molar-refractivity contribution is 0.0602. The first kappa shape index (κ1) is 12.1. The van der Waals surface area contributed by atoms with E-state index in [0.717, 1.165) is 22.4 Å². The van der Waals surface area contributed by atoms with E-state index in [1.807, 2.05) is 33.0 Å². The standard InChI is InChI=1S/C13H19N3O/c1-9(2)17-8-13-15-11-5-4-10(7-14)6-12(11)16(13)3/h4-6,9H,7-8,14H2,1-3H3. The van der Waals surface area contributed by atoms with E-state index in [9.17, 15) is 0 Å². The molecular formula is C13H19N3O. The zero-order valence-electron chi connectivity index (χ0n) is 10.6. The molecule has 0 saturated carbocycles. The van der Waals surface area contributed by atoms with E-state index in [0.29, 0.717) is 13.2 Å². The first-order valence-electron chi connectivity index (χ1n) is 5.87. The van der Waals surface area contributed by atoms with E-state index in [2.05, 4.69) is 15.6 Å². The minimum absolute atomic E-state index is 0.217. The van der Waals surface area contributed by atoms with Gasteiger partial charge in [-0.15, -0.1) is 0 Å². The molecule has 17 heavy (non-hydrogen) atoms. The Balaban J connectivity index is 2.35. The van der Waals surface area contributed by atoms with Crippen LogP contribution >= 0.6 is 0 Å². The van der Waals surface area contributed by atoms with Gasteiger partial charge < -0.3 is 15.0 Å². The molecule has 0 radical (unpaired) electrons. The maximum atomic E-state index is 5.64. The number of benzene rings is 1. The van der Waals surface area contributed by atoms with Crippen LogP contribution in [0.15, 0.2) is 18.2 Å². The molecule has 92 valence electrons. The van der Waals surface area contributed by atoms with Crippen LogP contribution in [0.4, 0.5) is 0 Å². The normalized spacial score (nSPS) is 11.6. The second-order valence-corrected chi connectivity index (χ2v) is 4.47. The van der Waals surface area contributed by atoms with Crippen molar-refractivity contribution >= 4 is 11.0 Å². The van der Waals surface area contributed by atoms with Crippen LogP contribution in [0.1, 0.15) is 25.2 Å². The lowest BCUT2D eigenvalue weighted by atomic mass is 10.2. The number of aromatic nitrogens is 2. The van der Waals surface area contributed by atoms with Gasteiger partial charge in [-0.1, -0.05) is 6.07 Å². The Hall–Kier alpha value is -1.39. The van der Waals surface area contributed by atoms with Gasteiger partial charge in [0.1, 0.15) is 12.4 Å². The molecule has 1 aromatic heterocycles. The quantitative estimate of drug-likeness (QED) is 0.878. The number of ether oxygens (including phenoxy) is 1. The fourth-order valence-electron chi connectivity index (χ4n) is 1.78. The van der Waals surface area contributed by atoms with Crippen LogP contribution in [0.25, 0.3) is 11.0 Å². The monoisotopic (exact) mass is 233 g/mol. The molecule has 2 N–H and O–H groups in total. The Labute approximate surface area is 101 Å². The van der Waals surface area contributed by atoms with E-state index >= 15 is 0 Å². The number of aryl methyl sites for hydroxylation is 1. The lowest BCUT2D eigenvalue weighted by Gasteiger charge is -2.07. The van der Waals surface area contributed by atoms with Crippen LogP contribution in [0.2, 0.25) is 0 Å². The summed E-state index contributed by atoms with van der Waals surface area (Å²) in [5.74, 6) is 0.947. The highest BCUT2D eigenvalue weighted by Gasteiger charge is 2.08. The van der Waals surface area contributed by atoms with E-state index in [4.69, 9.17) is 10.5 Å². The van der Waals surface area contributed by atoms with Crippen LogP contribution in [-0.4, -0.2) is 15.7 Å².